The number of carbonyl (C=O) groups excluding carboxylic acids is 2. The number of thiophene rings is 2. The number of hydrogen-bond donors (Lipinski definition) is 0. The summed E-state index contributed by atoms with van der Waals surface area (Å²) in [6.45, 7) is 0. The monoisotopic (exact) mass is 350 g/mol. The lowest BCUT2D eigenvalue weighted by Crippen LogP contribution is -1.89. The van der Waals surface area contributed by atoms with E-state index < -0.39 is 0 Å². The minimum Gasteiger partial charge on any atom is -0.288 e. The molecular formula is C20H14O2S2. The van der Waals surface area contributed by atoms with E-state index in [1.54, 1.807) is 24.3 Å². The fourth-order valence-electron chi connectivity index (χ4n) is 2.06. The number of hydrogen-bond acceptors (Lipinski definition) is 4. The SMILES string of the molecule is O=C(C=Cc1ccc(C=CC(=O)c2cccs2)cc1)c1cccs1. The summed E-state index contributed by atoms with van der Waals surface area (Å²) in [7, 11) is 0. The highest BCUT2D eigenvalue weighted by atomic mass is 32.1. The lowest BCUT2D eigenvalue weighted by atomic mass is 10.1. The largest absolute Gasteiger partial charge is 0.288 e. The summed E-state index contributed by atoms with van der Waals surface area (Å²) in [5.74, 6) is 0.0195. The average molecular weight is 350 g/mol. The maximum Gasteiger partial charge on any atom is 0.195 e. The molecule has 0 aliphatic heterocycles. The van der Waals surface area contributed by atoms with Gasteiger partial charge in [0.25, 0.3) is 0 Å². The van der Waals surface area contributed by atoms with Gasteiger partial charge in [-0.15, -0.1) is 22.7 Å². The molecule has 0 spiro atoms. The van der Waals surface area contributed by atoms with Crippen molar-refractivity contribution in [2.24, 2.45) is 0 Å². The molecule has 2 nitrogen and oxygen atoms in total. The van der Waals surface area contributed by atoms with Crippen LogP contribution in [-0.2, 0) is 0 Å². The molecule has 0 bridgehead atoms. The van der Waals surface area contributed by atoms with Gasteiger partial charge < -0.3 is 0 Å². The molecular weight excluding hydrogens is 336 g/mol. The summed E-state index contributed by atoms with van der Waals surface area (Å²) in [5.41, 5.74) is 1.89. The van der Waals surface area contributed by atoms with Crippen molar-refractivity contribution < 1.29 is 9.59 Å². The van der Waals surface area contributed by atoms with E-state index in [0.717, 1.165) is 20.9 Å². The van der Waals surface area contributed by atoms with Gasteiger partial charge in [0.2, 0.25) is 0 Å². The molecule has 0 aliphatic rings. The molecule has 0 radical (unpaired) electrons. The van der Waals surface area contributed by atoms with Gasteiger partial charge in [-0.2, -0.15) is 0 Å². The highest BCUT2D eigenvalue weighted by Gasteiger charge is 2.02. The van der Waals surface area contributed by atoms with Crippen molar-refractivity contribution in [1.82, 2.24) is 0 Å². The summed E-state index contributed by atoms with van der Waals surface area (Å²) < 4.78 is 0. The molecule has 0 fully saturated rings. The average Bonchev–Trinajstić information content (AvgIpc) is 3.32. The van der Waals surface area contributed by atoms with E-state index in [2.05, 4.69) is 0 Å². The lowest BCUT2D eigenvalue weighted by Gasteiger charge is -1.96. The van der Waals surface area contributed by atoms with Crippen molar-refractivity contribution in [1.29, 1.82) is 0 Å². The Balaban J connectivity index is 1.63. The van der Waals surface area contributed by atoms with Gasteiger partial charge in [-0.3, -0.25) is 9.59 Å². The molecule has 0 N–H and O–H groups in total. The number of allylic oxidation sites excluding steroid dienone is 2. The molecule has 118 valence electrons. The predicted molar refractivity (Wildman–Crippen MR) is 102 cm³/mol. The van der Waals surface area contributed by atoms with E-state index in [-0.39, 0.29) is 11.6 Å². The van der Waals surface area contributed by atoms with Crippen LogP contribution in [0.1, 0.15) is 30.5 Å². The highest BCUT2D eigenvalue weighted by molar-refractivity contribution is 7.12. The van der Waals surface area contributed by atoms with E-state index in [4.69, 9.17) is 0 Å². The summed E-state index contributed by atoms with van der Waals surface area (Å²) in [5, 5.41) is 3.78. The topological polar surface area (TPSA) is 34.1 Å². The summed E-state index contributed by atoms with van der Waals surface area (Å²) in [4.78, 5) is 25.3. The van der Waals surface area contributed by atoms with Crippen LogP contribution < -0.4 is 0 Å². The minimum atomic E-state index is 0.00974. The number of benzene rings is 1. The molecule has 0 aliphatic carbocycles. The Kier molecular flexibility index (Phi) is 5.31. The van der Waals surface area contributed by atoms with Crippen LogP contribution in [0.4, 0.5) is 0 Å². The molecule has 2 aromatic heterocycles. The molecule has 0 atom stereocenters. The van der Waals surface area contributed by atoms with Crippen molar-refractivity contribution in [2.45, 2.75) is 0 Å². The molecule has 4 heteroatoms. The van der Waals surface area contributed by atoms with Gasteiger partial charge in [0, 0.05) is 0 Å². The van der Waals surface area contributed by atoms with E-state index in [1.807, 2.05) is 59.3 Å². The standard InChI is InChI=1S/C20H14O2S2/c21-17(19-3-1-13-23-19)11-9-15-5-7-16(8-6-15)10-12-18(22)20-4-2-14-24-20/h1-14H. The third-order valence-electron chi connectivity index (χ3n) is 3.32. The Morgan fingerprint density at radius 3 is 1.42 bits per heavy atom. The first-order valence-electron chi connectivity index (χ1n) is 7.34. The summed E-state index contributed by atoms with van der Waals surface area (Å²) >= 11 is 2.87. The molecule has 24 heavy (non-hydrogen) atoms. The third kappa shape index (κ3) is 4.25. The van der Waals surface area contributed by atoms with Gasteiger partial charge in [-0.1, -0.05) is 48.6 Å². The molecule has 0 unspecified atom stereocenters. The Morgan fingerprint density at radius 2 is 1.08 bits per heavy atom. The minimum absolute atomic E-state index is 0.00974. The maximum absolute atomic E-state index is 11.9. The molecule has 0 amide bonds. The van der Waals surface area contributed by atoms with Crippen LogP contribution in [0.15, 0.2) is 71.4 Å². The van der Waals surface area contributed by atoms with Crippen LogP contribution in [0.25, 0.3) is 12.2 Å². The first kappa shape index (κ1) is 16.3. The predicted octanol–water partition coefficient (Wildman–Crippen LogP) is 5.60. The summed E-state index contributed by atoms with van der Waals surface area (Å²) in [6, 6.07) is 15.1. The Bertz CT molecular complexity index is 793. The van der Waals surface area contributed by atoms with Crippen LogP contribution in [-0.4, -0.2) is 11.6 Å². The van der Waals surface area contributed by atoms with Crippen molar-refractivity contribution in [3.05, 3.63) is 92.3 Å². The molecule has 1 aromatic carbocycles. The fraction of sp³-hybridized carbons (Fsp3) is 0. The van der Waals surface area contributed by atoms with Gasteiger partial charge in [-0.05, 0) is 46.2 Å². The van der Waals surface area contributed by atoms with Crippen molar-refractivity contribution >= 4 is 46.4 Å². The molecule has 3 aromatic rings. The zero-order chi connectivity index (χ0) is 16.8. The first-order chi connectivity index (χ1) is 11.7. The van der Waals surface area contributed by atoms with Gasteiger partial charge in [0.05, 0.1) is 9.75 Å². The third-order valence-corrected chi connectivity index (χ3v) is 5.09. The van der Waals surface area contributed by atoms with Crippen molar-refractivity contribution in [3.63, 3.8) is 0 Å². The van der Waals surface area contributed by atoms with E-state index >= 15 is 0 Å². The molecule has 2 heterocycles. The molecule has 0 saturated heterocycles. The van der Waals surface area contributed by atoms with E-state index in [0.29, 0.717) is 0 Å². The van der Waals surface area contributed by atoms with Crippen molar-refractivity contribution in [2.75, 3.05) is 0 Å². The second-order valence-electron chi connectivity index (χ2n) is 5.02. The van der Waals surface area contributed by atoms with Crippen LogP contribution in [0, 0.1) is 0 Å². The lowest BCUT2D eigenvalue weighted by molar-refractivity contribution is 0.104. The van der Waals surface area contributed by atoms with Crippen LogP contribution in [0.3, 0.4) is 0 Å². The van der Waals surface area contributed by atoms with Gasteiger partial charge >= 0.3 is 0 Å². The van der Waals surface area contributed by atoms with Gasteiger partial charge in [0.1, 0.15) is 0 Å². The Hall–Kier alpha value is -2.56. The highest BCUT2D eigenvalue weighted by Crippen LogP contribution is 2.14. The molecule has 3 rings (SSSR count). The van der Waals surface area contributed by atoms with Crippen molar-refractivity contribution in [3.8, 4) is 0 Å². The zero-order valence-electron chi connectivity index (χ0n) is 12.7. The maximum atomic E-state index is 11.9. The van der Waals surface area contributed by atoms with Crippen LogP contribution in [0.5, 0.6) is 0 Å². The normalized spacial score (nSPS) is 11.3. The number of rotatable bonds is 6. The fourth-order valence-corrected chi connectivity index (χ4v) is 3.35. The number of carbonyl (C=O) groups is 2. The van der Waals surface area contributed by atoms with Gasteiger partial charge in [0.15, 0.2) is 11.6 Å². The zero-order valence-corrected chi connectivity index (χ0v) is 14.3. The van der Waals surface area contributed by atoms with E-state index in [1.165, 1.54) is 22.7 Å². The quantitative estimate of drug-likeness (QED) is 0.428. The second-order valence-corrected chi connectivity index (χ2v) is 6.91. The molecule has 0 saturated carbocycles. The second kappa shape index (κ2) is 7.81. The smallest absolute Gasteiger partial charge is 0.195 e. The van der Waals surface area contributed by atoms with E-state index in [9.17, 15) is 9.59 Å². The van der Waals surface area contributed by atoms with Crippen LogP contribution in [0.2, 0.25) is 0 Å². The number of ketones is 2. The summed E-state index contributed by atoms with van der Waals surface area (Å²) in [6.07, 6.45) is 6.76. The van der Waals surface area contributed by atoms with Crippen LogP contribution >= 0.6 is 22.7 Å². The Labute approximate surface area is 148 Å². The van der Waals surface area contributed by atoms with Gasteiger partial charge in [-0.25, -0.2) is 0 Å². The first-order valence-corrected chi connectivity index (χ1v) is 9.10. The Morgan fingerprint density at radius 1 is 0.667 bits per heavy atom.